The van der Waals surface area contributed by atoms with Crippen LogP contribution < -0.4 is 5.32 Å². The monoisotopic (exact) mass is 316 g/mol. The SMILES string of the molecule is CCCN(CC(=O)NC)CC(=O)c1ccc(Cl)c(Cl)c1. The molecule has 0 aliphatic heterocycles. The van der Waals surface area contributed by atoms with Crippen LogP contribution in [0.1, 0.15) is 23.7 Å². The van der Waals surface area contributed by atoms with Crippen molar-refractivity contribution in [2.75, 3.05) is 26.7 Å². The molecule has 1 amide bonds. The third-order valence-electron chi connectivity index (χ3n) is 2.79. The summed E-state index contributed by atoms with van der Waals surface area (Å²) in [5.41, 5.74) is 0.498. The van der Waals surface area contributed by atoms with Gasteiger partial charge in [-0.1, -0.05) is 30.1 Å². The molecule has 1 aromatic rings. The molecule has 1 aromatic carbocycles. The van der Waals surface area contributed by atoms with Crippen molar-refractivity contribution in [2.24, 2.45) is 0 Å². The average Bonchev–Trinajstić information content (AvgIpc) is 2.41. The van der Waals surface area contributed by atoms with Crippen LogP contribution in [0, 0.1) is 0 Å². The summed E-state index contributed by atoms with van der Waals surface area (Å²) in [6.45, 7) is 3.07. The highest BCUT2D eigenvalue weighted by atomic mass is 35.5. The Hall–Kier alpha value is -1.10. The van der Waals surface area contributed by atoms with Crippen molar-refractivity contribution in [2.45, 2.75) is 13.3 Å². The number of likely N-dealkylation sites (N-methyl/N-ethyl adjacent to an activating group) is 1. The Balaban J connectivity index is 2.74. The number of carbonyl (C=O) groups is 2. The highest BCUT2D eigenvalue weighted by Gasteiger charge is 2.15. The second-order valence-corrected chi connectivity index (χ2v) is 5.25. The number of hydrogen-bond acceptors (Lipinski definition) is 3. The van der Waals surface area contributed by atoms with Gasteiger partial charge in [0.05, 0.1) is 23.1 Å². The molecular formula is C14H18Cl2N2O2. The van der Waals surface area contributed by atoms with Crippen molar-refractivity contribution in [3.05, 3.63) is 33.8 Å². The summed E-state index contributed by atoms with van der Waals surface area (Å²) in [4.78, 5) is 25.4. The van der Waals surface area contributed by atoms with Gasteiger partial charge in [0, 0.05) is 12.6 Å². The molecule has 4 nitrogen and oxygen atoms in total. The Kier molecular flexibility index (Phi) is 6.99. The highest BCUT2D eigenvalue weighted by molar-refractivity contribution is 6.42. The largest absolute Gasteiger partial charge is 0.358 e. The van der Waals surface area contributed by atoms with Crippen LogP contribution in [-0.2, 0) is 4.79 Å². The summed E-state index contributed by atoms with van der Waals surface area (Å²) in [5, 5.41) is 3.32. The molecule has 0 aliphatic rings. The quantitative estimate of drug-likeness (QED) is 0.787. The number of Topliss-reactive ketones (excluding diaryl/α,β-unsaturated/α-hetero) is 1. The van der Waals surface area contributed by atoms with Crippen molar-refractivity contribution in [1.82, 2.24) is 10.2 Å². The van der Waals surface area contributed by atoms with Gasteiger partial charge in [-0.15, -0.1) is 0 Å². The first kappa shape index (κ1) is 17.0. The van der Waals surface area contributed by atoms with E-state index in [-0.39, 0.29) is 24.8 Å². The molecule has 0 saturated carbocycles. The smallest absolute Gasteiger partial charge is 0.233 e. The van der Waals surface area contributed by atoms with E-state index in [1.807, 2.05) is 11.8 Å². The van der Waals surface area contributed by atoms with Crippen molar-refractivity contribution in [3.63, 3.8) is 0 Å². The van der Waals surface area contributed by atoms with Crippen LogP contribution >= 0.6 is 23.2 Å². The number of halogens is 2. The number of carbonyl (C=O) groups excluding carboxylic acids is 2. The second kappa shape index (κ2) is 8.25. The topological polar surface area (TPSA) is 49.4 Å². The Morgan fingerprint density at radius 1 is 1.20 bits per heavy atom. The van der Waals surface area contributed by atoms with Gasteiger partial charge in [0.15, 0.2) is 5.78 Å². The zero-order valence-electron chi connectivity index (χ0n) is 11.6. The molecule has 0 fully saturated rings. The van der Waals surface area contributed by atoms with Crippen LogP contribution in [0.5, 0.6) is 0 Å². The van der Waals surface area contributed by atoms with Crippen LogP contribution in [0.3, 0.4) is 0 Å². The number of ketones is 1. The fourth-order valence-corrected chi connectivity index (χ4v) is 2.07. The lowest BCUT2D eigenvalue weighted by molar-refractivity contribution is -0.121. The molecule has 0 heterocycles. The summed E-state index contributed by atoms with van der Waals surface area (Å²) in [6.07, 6.45) is 0.867. The molecule has 0 aromatic heterocycles. The zero-order valence-corrected chi connectivity index (χ0v) is 13.1. The van der Waals surface area contributed by atoms with Gasteiger partial charge in [-0.2, -0.15) is 0 Å². The lowest BCUT2D eigenvalue weighted by Crippen LogP contribution is -2.39. The number of nitrogens with zero attached hydrogens (tertiary/aromatic N) is 1. The predicted octanol–water partition coefficient (Wildman–Crippen LogP) is 2.63. The van der Waals surface area contributed by atoms with E-state index in [4.69, 9.17) is 23.2 Å². The highest BCUT2D eigenvalue weighted by Crippen LogP contribution is 2.22. The van der Waals surface area contributed by atoms with Gasteiger partial charge in [0.2, 0.25) is 5.91 Å². The molecule has 0 aliphatic carbocycles. The minimum absolute atomic E-state index is 0.0825. The first-order valence-corrected chi connectivity index (χ1v) is 7.14. The zero-order chi connectivity index (χ0) is 15.1. The van der Waals surface area contributed by atoms with Crippen molar-refractivity contribution >= 4 is 34.9 Å². The summed E-state index contributed by atoms with van der Waals surface area (Å²) in [7, 11) is 1.58. The van der Waals surface area contributed by atoms with Crippen LogP contribution in [0.15, 0.2) is 18.2 Å². The molecule has 110 valence electrons. The minimum Gasteiger partial charge on any atom is -0.358 e. The number of rotatable bonds is 7. The van der Waals surface area contributed by atoms with E-state index in [0.717, 1.165) is 6.42 Å². The Morgan fingerprint density at radius 3 is 2.45 bits per heavy atom. The standard InChI is InChI=1S/C14H18Cl2N2O2/c1-3-6-18(9-14(20)17-2)8-13(19)10-4-5-11(15)12(16)7-10/h4-5,7H,3,6,8-9H2,1-2H3,(H,17,20). The molecule has 0 radical (unpaired) electrons. The van der Waals surface area contributed by atoms with Crippen molar-refractivity contribution < 1.29 is 9.59 Å². The minimum atomic E-state index is -0.111. The summed E-state index contributed by atoms with van der Waals surface area (Å²) in [5.74, 6) is -0.193. The predicted molar refractivity (Wildman–Crippen MR) is 81.6 cm³/mol. The van der Waals surface area contributed by atoms with E-state index in [0.29, 0.717) is 22.2 Å². The number of benzene rings is 1. The maximum atomic E-state index is 12.2. The average molecular weight is 317 g/mol. The molecular weight excluding hydrogens is 299 g/mol. The van der Waals surface area contributed by atoms with Gasteiger partial charge in [-0.25, -0.2) is 0 Å². The molecule has 1 rings (SSSR count). The molecule has 0 bridgehead atoms. The summed E-state index contributed by atoms with van der Waals surface area (Å²) >= 11 is 11.7. The van der Waals surface area contributed by atoms with E-state index in [9.17, 15) is 9.59 Å². The van der Waals surface area contributed by atoms with Gasteiger partial charge in [-0.3, -0.25) is 14.5 Å². The van der Waals surface area contributed by atoms with E-state index < -0.39 is 0 Å². The first-order valence-electron chi connectivity index (χ1n) is 6.39. The van der Waals surface area contributed by atoms with Gasteiger partial charge in [0.25, 0.3) is 0 Å². The van der Waals surface area contributed by atoms with E-state index in [1.54, 1.807) is 25.2 Å². The maximum absolute atomic E-state index is 12.2. The van der Waals surface area contributed by atoms with Crippen LogP contribution in [0.4, 0.5) is 0 Å². The third kappa shape index (κ3) is 5.12. The number of hydrogen-bond donors (Lipinski definition) is 1. The van der Waals surface area contributed by atoms with Gasteiger partial charge in [-0.05, 0) is 31.2 Å². The lowest BCUT2D eigenvalue weighted by Gasteiger charge is -2.19. The lowest BCUT2D eigenvalue weighted by atomic mass is 10.1. The third-order valence-corrected chi connectivity index (χ3v) is 3.53. The van der Waals surface area contributed by atoms with E-state index in [1.165, 1.54) is 0 Å². The van der Waals surface area contributed by atoms with Crippen LogP contribution in [0.25, 0.3) is 0 Å². The van der Waals surface area contributed by atoms with Crippen LogP contribution in [0.2, 0.25) is 10.0 Å². The van der Waals surface area contributed by atoms with Crippen molar-refractivity contribution in [1.29, 1.82) is 0 Å². The fraction of sp³-hybridized carbons (Fsp3) is 0.429. The molecule has 0 atom stereocenters. The summed E-state index contributed by atoms with van der Waals surface area (Å²) < 4.78 is 0. The van der Waals surface area contributed by atoms with E-state index >= 15 is 0 Å². The Labute approximate surface area is 129 Å². The van der Waals surface area contributed by atoms with Crippen molar-refractivity contribution in [3.8, 4) is 0 Å². The Morgan fingerprint density at radius 2 is 1.90 bits per heavy atom. The van der Waals surface area contributed by atoms with Crippen LogP contribution in [-0.4, -0.2) is 43.3 Å². The number of nitrogens with one attached hydrogen (secondary N) is 1. The second-order valence-electron chi connectivity index (χ2n) is 4.44. The van der Waals surface area contributed by atoms with Gasteiger partial charge >= 0.3 is 0 Å². The molecule has 0 unspecified atom stereocenters. The Bertz CT molecular complexity index is 492. The molecule has 1 N–H and O–H groups in total. The first-order chi connectivity index (χ1) is 9.47. The molecule has 0 spiro atoms. The van der Waals surface area contributed by atoms with E-state index in [2.05, 4.69) is 5.32 Å². The van der Waals surface area contributed by atoms with Gasteiger partial charge < -0.3 is 5.32 Å². The normalized spacial score (nSPS) is 10.7. The summed E-state index contributed by atoms with van der Waals surface area (Å²) in [6, 6.07) is 4.79. The molecule has 6 heteroatoms. The molecule has 0 saturated heterocycles. The fourth-order valence-electron chi connectivity index (χ4n) is 1.78. The maximum Gasteiger partial charge on any atom is 0.233 e. The number of amides is 1. The molecule has 20 heavy (non-hydrogen) atoms. The van der Waals surface area contributed by atoms with Gasteiger partial charge in [0.1, 0.15) is 0 Å².